The van der Waals surface area contributed by atoms with Gasteiger partial charge in [-0.2, -0.15) is 0 Å². The van der Waals surface area contributed by atoms with Gasteiger partial charge in [-0.1, -0.05) is 64.1 Å². The molecular weight excluding hydrogens is 745 g/mol. The van der Waals surface area contributed by atoms with Crippen LogP contribution >= 0.6 is 0 Å². The van der Waals surface area contributed by atoms with Crippen LogP contribution in [0.25, 0.3) is 0 Å². The number of carbonyl (C=O) groups excluding carboxylic acids is 8. The maximum absolute atomic E-state index is 14.0. The van der Waals surface area contributed by atoms with Gasteiger partial charge in [0.2, 0.25) is 35.4 Å². The zero-order valence-corrected chi connectivity index (χ0v) is 34.2. The van der Waals surface area contributed by atoms with E-state index in [9.17, 15) is 38.4 Å². The number of nitrogens with one attached hydrogen (secondary N) is 6. The minimum Gasteiger partial charge on any atom is -0.384 e. The molecule has 0 aromatic heterocycles. The Hall–Kier alpha value is -5.64. The molecule has 314 valence electrons. The summed E-state index contributed by atoms with van der Waals surface area (Å²) in [6.07, 6.45) is 1.78. The quantitative estimate of drug-likeness (QED) is 0.0861. The molecule has 0 saturated carbocycles. The van der Waals surface area contributed by atoms with E-state index in [1.165, 1.54) is 18.7 Å². The lowest BCUT2D eigenvalue weighted by molar-refractivity contribution is -0.141. The van der Waals surface area contributed by atoms with Gasteiger partial charge in [-0.3, -0.25) is 38.4 Å². The summed E-state index contributed by atoms with van der Waals surface area (Å²) in [5.74, 6) is -4.18. The minimum atomic E-state index is -1.23. The van der Waals surface area contributed by atoms with Gasteiger partial charge in [-0.25, -0.2) is 0 Å². The maximum atomic E-state index is 14.0. The Morgan fingerprint density at radius 1 is 0.776 bits per heavy atom. The molecule has 4 rings (SSSR count). The highest BCUT2D eigenvalue weighted by Gasteiger charge is 2.38. The van der Waals surface area contributed by atoms with Gasteiger partial charge in [0.05, 0.1) is 18.2 Å². The van der Waals surface area contributed by atoms with Crippen molar-refractivity contribution in [3.63, 3.8) is 0 Å². The Balaban J connectivity index is 1.31. The van der Waals surface area contributed by atoms with Gasteiger partial charge in [0.25, 0.3) is 0 Å². The van der Waals surface area contributed by atoms with E-state index in [0.29, 0.717) is 59.1 Å². The number of ketones is 2. The van der Waals surface area contributed by atoms with Crippen molar-refractivity contribution in [1.82, 2.24) is 31.5 Å². The van der Waals surface area contributed by atoms with Crippen molar-refractivity contribution in [2.45, 2.75) is 104 Å². The third kappa shape index (κ3) is 11.7. The summed E-state index contributed by atoms with van der Waals surface area (Å²) < 4.78 is 8.69. The molecule has 1 heterocycles. The number of hydrogen-bond donors (Lipinski definition) is 7. The highest BCUT2D eigenvalue weighted by Crippen LogP contribution is 2.32. The molecule has 0 unspecified atom stereocenters. The van der Waals surface area contributed by atoms with Gasteiger partial charge in [0, 0.05) is 42.0 Å². The molecule has 2 aromatic carbocycles. The fourth-order valence-corrected chi connectivity index (χ4v) is 7.00. The second-order valence-electron chi connectivity index (χ2n) is 15.8. The first-order chi connectivity index (χ1) is 27.9. The van der Waals surface area contributed by atoms with Crippen LogP contribution in [0.2, 0.25) is 1.41 Å². The molecular formula is C42H58N8O8. The van der Waals surface area contributed by atoms with Crippen LogP contribution in [-0.4, -0.2) is 108 Å². The van der Waals surface area contributed by atoms with E-state index in [1.54, 1.807) is 42.5 Å². The minimum absolute atomic E-state index is 0.0301. The van der Waals surface area contributed by atoms with Crippen molar-refractivity contribution in [2.75, 3.05) is 31.5 Å². The number of benzene rings is 2. The zero-order valence-electron chi connectivity index (χ0n) is 35.2. The predicted octanol–water partition coefficient (Wildman–Crippen LogP) is 1.40. The standard InChI is InChI=1S/C42H58N8O8/c1-23(2)20-31(49-39(55)26(6)47-38(54)25(5)43)40(56)46-22-34(51)48-32(21-24(3)4)42(58)50-19-10-16-33(50)41(57)45-18-11-17-44-30-15-9-14-29-35(30)37(53)28-13-8-7-12-27(28)36(29)52/h7-9,12-15,23-26,31-33,44H,10-11,16-22,43H2,1-6H3,(H,45,57)(H,46,56)(H,47,54)(H,48,51)(H,49,55)/t25-,26-,31-,32-,33-/m0/s1/i/hD. The van der Waals surface area contributed by atoms with Crippen molar-refractivity contribution >= 4 is 52.7 Å². The van der Waals surface area contributed by atoms with Gasteiger partial charge in [-0.05, 0) is 63.9 Å². The third-order valence-electron chi connectivity index (χ3n) is 9.96. The van der Waals surface area contributed by atoms with Crippen molar-refractivity contribution in [1.29, 1.82) is 0 Å². The topological polar surface area (TPSA) is 238 Å². The lowest BCUT2D eigenvalue weighted by Gasteiger charge is -2.29. The summed E-state index contributed by atoms with van der Waals surface area (Å²) in [5.41, 5.74) is 7.47. The van der Waals surface area contributed by atoms with E-state index in [-0.39, 0.29) is 55.2 Å². The number of anilines is 1. The highest BCUT2D eigenvalue weighted by atomic mass is 16.2. The SMILES string of the molecule is [2H]N(C(=O)CNC(=O)[C@H](CC(C)C)NC(=O)[C@H](C)NC(=O)[C@H](C)N)[C@@H](CC(C)C)C(=O)N1CCC[C@H]1C(=O)NCCCNc1cccc2c1C(=O)c1ccccc1C2=O. The molecule has 0 bridgehead atoms. The summed E-state index contributed by atoms with van der Waals surface area (Å²) in [7, 11) is 0. The first kappa shape index (κ1) is 43.5. The number of rotatable bonds is 19. The molecule has 16 nitrogen and oxygen atoms in total. The van der Waals surface area contributed by atoms with Crippen LogP contribution < -0.4 is 37.6 Å². The van der Waals surface area contributed by atoms with Crippen LogP contribution in [0, 0.1) is 11.8 Å². The van der Waals surface area contributed by atoms with Crippen LogP contribution in [0.5, 0.6) is 0 Å². The number of likely N-dealkylation sites (tertiary alicyclic amines) is 1. The van der Waals surface area contributed by atoms with E-state index in [1.807, 2.05) is 27.7 Å². The number of hydrogen-bond acceptors (Lipinski definition) is 10. The number of fused-ring (bicyclic) bond motifs is 2. The van der Waals surface area contributed by atoms with Crippen molar-refractivity contribution in [3.05, 3.63) is 64.7 Å². The number of carbonyl (C=O) groups is 8. The number of nitrogens with two attached hydrogens (primary N) is 1. The Morgan fingerprint density at radius 3 is 2.07 bits per heavy atom. The van der Waals surface area contributed by atoms with Gasteiger partial charge in [0.15, 0.2) is 13.0 Å². The average Bonchev–Trinajstić information content (AvgIpc) is 3.70. The summed E-state index contributed by atoms with van der Waals surface area (Å²) in [5, 5.41) is 14.2. The maximum Gasteiger partial charge on any atom is 0.245 e. The van der Waals surface area contributed by atoms with Crippen LogP contribution in [0.1, 0.15) is 105 Å². The van der Waals surface area contributed by atoms with Gasteiger partial charge < -0.3 is 42.5 Å². The van der Waals surface area contributed by atoms with Gasteiger partial charge in [0.1, 0.15) is 24.2 Å². The lowest BCUT2D eigenvalue weighted by atomic mass is 9.83. The molecule has 1 saturated heterocycles. The monoisotopic (exact) mass is 803 g/mol. The number of amides is 6. The normalized spacial score (nSPS) is 16.9. The second kappa shape index (κ2) is 20.7. The molecule has 1 aliphatic carbocycles. The molecule has 5 atom stereocenters. The van der Waals surface area contributed by atoms with Crippen LogP contribution in [0.4, 0.5) is 5.69 Å². The summed E-state index contributed by atoms with van der Waals surface area (Å²) in [6.45, 7) is 10.6. The number of nitrogens with zero attached hydrogens (tertiary/aromatic N) is 1. The molecule has 2 aromatic rings. The van der Waals surface area contributed by atoms with E-state index >= 15 is 0 Å². The first-order valence-corrected chi connectivity index (χ1v) is 20.0. The fraction of sp³-hybridized carbons (Fsp3) is 0.524. The molecule has 1 fully saturated rings. The Morgan fingerprint density at radius 2 is 1.41 bits per heavy atom. The molecule has 0 radical (unpaired) electrons. The summed E-state index contributed by atoms with van der Waals surface area (Å²) in [4.78, 5) is 107. The fourth-order valence-electron chi connectivity index (χ4n) is 7.00. The lowest BCUT2D eigenvalue weighted by Crippen LogP contribution is -2.56. The van der Waals surface area contributed by atoms with Crippen molar-refractivity contribution in [2.24, 2.45) is 17.6 Å². The third-order valence-corrected chi connectivity index (χ3v) is 9.96. The zero-order chi connectivity index (χ0) is 43.6. The van der Waals surface area contributed by atoms with Crippen LogP contribution in [0.3, 0.4) is 0 Å². The molecule has 58 heavy (non-hydrogen) atoms. The molecule has 1 aliphatic heterocycles. The van der Waals surface area contributed by atoms with Gasteiger partial charge >= 0.3 is 0 Å². The summed E-state index contributed by atoms with van der Waals surface area (Å²) in [6, 6.07) is 6.90. The first-order valence-electron chi connectivity index (χ1n) is 20.5. The molecule has 6 amide bonds. The molecule has 8 N–H and O–H groups in total. The molecule has 0 spiro atoms. The van der Waals surface area contributed by atoms with Crippen LogP contribution in [0.15, 0.2) is 42.5 Å². The second-order valence-corrected chi connectivity index (χ2v) is 15.8. The van der Waals surface area contributed by atoms with Gasteiger partial charge in [-0.15, -0.1) is 0 Å². The summed E-state index contributed by atoms with van der Waals surface area (Å²) >= 11 is 0. The van der Waals surface area contributed by atoms with E-state index in [0.717, 1.165) is 0 Å². The Kier molecular flexibility index (Phi) is 15.5. The smallest absolute Gasteiger partial charge is 0.245 e. The molecule has 2 aliphatic rings. The Labute approximate surface area is 341 Å². The van der Waals surface area contributed by atoms with E-state index < -0.39 is 66.3 Å². The largest absolute Gasteiger partial charge is 0.384 e. The van der Waals surface area contributed by atoms with Crippen LogP contribution in [-0.2, 0) is 28.8 Å². The van der Waals surface area contributed by atoms with Crippen molar-refractivity contribution < 1.29 is 39.8 Å². The van der Waals surface area contributed by atoms with Crippen molar-refractivity contribution in [3.8, 4) is 0 Å². The predicted molar refractivity (Wildman–Crippen MR) is 218 cm³/mol. The highest BCUT2D eigenvalue weighted by molar-refractivity contribution is 6.30. The average molecular weight is 804 g/mol. The molecule has 16 heteroatoms. The van der Waals surface area contributed by atoms with E-state index in [4.69, 9.17) is 7.15 Å². The Bertz CT molecular complexity index is 1920. The van der Waals surface area contributed by atoms with E-state index in [2.05, 4.69) is 26.6 Å².